The lowest BCUT2D eigenvalue weighted by Gasteiger charge is -2.25. The number of hydrogen-bond acceptors (Lipinski definition) is 10. The fourth-order valence-corrected chi connectivity index (χ4v) is 5.95. The Labute approximate surface area is 267 Å². The molecule has 0 aliphatic carbocycles. The number of rotatable bonds is 10. The molecule has 46 heavy (non-hydrogen) atoms. The number of fused-ring (bicyclic) bond motifs is 1. The van der Waals surface area contributed by atoms with E-state index in [0.717, 1.165) is 5.56 Å². The van der Waals surface area contributed by atoms with Gasteiger partial charge in [-0.05, 0) is 72.7 Å². The number of ether oxygens (including phenoxy) is 4. The average molecular weight is 637 g/mol. The van der Waals surface area contributed by atoms with Gasteiger partial charge in [0.2, 0.25) is 5.76 Å². The van der Waals surface area contributed by atoms with Crippen molar-refractivity contribution in [1.29, 1.82) is 0 Å². The summed E-state index contributed by atoms with van der Waals surface area (Å²) in [5, 5.41) is 0. The van der Waals surface area contributed by atoms with Crippen molar-refractivity contribution in [1.82, 2.24) is 4.57 Å². The molecule has 0 saturated carbocycles. The molecule has 1 aliphatic heterocycles. The normalized spacial score (nSPS) is 14.4. The summed E-state index contributed by atoms with van der Waals surface area (Å²) < 4.78 is 28.9. The van der Waals surface area contributed by atoms with Crippen LogP contribution in [0.5, 0.6) is 17.2 Å². The van der Waals surface area contributed by atoms with Crippen LogP contribution in [0.25, 0.3) is 6.08 Å². The number of benzene rings is 3. The summed E-state index contributed by atoms with van der Waals surface area (Å²) in [5.74, 6) is 0.378. The van der Waals surface area contributed by atoms with Gasteiger partial charge in [0.1, 0.15) is 23.9 Å². The van der Waals surface area contributed by atoms with Crippen molar-refractivity contribution in [3.8, 4) is 17.2 Å². The Balaban J connectivity index is 1.37. The molecule has 232 valence electrons. The number of nitrogens with zero attached hydrogens (tertiary/aromatic N) is 2. The van der Waals surface area contributed by atoms with Crippen LogP contribution in [0.15, 0.2) is 123 Å². The summed E-state index contributed by atoms with van der Waals surface area (Å²) in [6, 6.07) is 25.6. The van der Waals surface area contributed by atoms with Gasteiger partial charge in [0.25, 0.3) is 5.56 Å². The van der Waals surface area contributed by atoms with E-state index < -0.39 is 18.0 Å². The van der Waals surface area contributed by atoms with E-state index in [4.69, 9.17) is 23.4 Å². The number of allylic oxidation sites excluding steroid dienone is 1. The SMILES string of the molecule is COCCOC(=O)C1=C(C)N=c2s/c(=C/c3cccc(Oc4ccccc4)c3)c(=O)n2[C@H]1c1ccc(OC(=O)c2ccco2)cc1. The molecule has 0 radical (unpaired) electrons. The highest BCUT2D eigenvalue weighted by Gasteiger charge is 2.33. The van der Waals surface area contributed by atoms with E-state index in [2.05, 4.69) is 4.99 Å². The van der Waals surface area contributed by atoms with Crippen molar-refractivity contribution in [3.63, 3.8) is 0 Å². The Morgan fingerprint density at radius 3 is 2.43 bits per heavy atom. The lowest BCUT2D eigenvalue weighted by atomic mass is 9.96. The zero-order valence-corrected chi connectivity index (χ0v) is 25.7. The van der Waals surface area contributed by atoms with Crippen LogP contribution >= 0.6 is 11.3 Å². The zero-order chi connectivity index (χ0) is 32.0. The number of esters is 2. The Morgan fingerprint density at radius 1 is 0.913 bits per heavy atom. The third-order valence-corrected chi connectivity index (χ3v) is 8.01. The molecule has 3 aromatic carbocycles. The van der Waals surface area contributed by atoms with Gasteiger partial charge in [0.05, 0.1) is 34.7 Å². The number of methoxy groups -OCH3 is 1. The molecule has 11 heteroatoms. The number of para-hydroxylation sites is 1. The minimum atomic E-state index is -0.851. The number of carbonyl (C=O) groups excluding carboxylic acids is 2. The topological polar surface area (TPSA) is 119 Å². The summed E-state index contributed by atoms with van der Waals surface area (Å²) >= 11 is 1.22. The summed E-state index contributed by atoms with van der Waals surface area (Å²) in [6.07, 6.45) is 3.15. The van der Waals surface area contributed by atoms with Crippen LogP contribution in [0.1, 0.15) is 34.6 Å². The van der Waals surface area contributed by atoms with Gasteiger partial charge in [-0.3, -0.25) is 9.36 Å². The highest BCUT2D eigenvalue weighted by Crippen LogP contribution is 2.32. The van der Waals surface area contributed by atoms with Crippen LogP contribution in [0, 0.1) is 0 Å². The first-order chi connectivity index (χ1) is 22.4. The lowest BCUT2D eigenvalue weighted by molar-refractivity contribution is -0.140. The molecular weight excluding hydrogens is 608 g/mol. The molecule has 1 aliphatic rings. The van der Waals surface area contributed by atoms with Gasteiger partial charge >= 0.3 is 11.9 Å². The standard InChI is InChI=1S/C35H28N2O8S/c1-22-30(34(40)43-19-18-41-2)31(24-13-15-26(16-14-24)45-33(39)28-12-7-17-42-28)37-32(38)29(46-35(37)36-22)21-23-8-6-11-27(20-23)44-25-9-4-3-5-10-25/h3-17,20-21,31H,18-19H2,1-2H3/b29-21+/t31-/m0/s1. The molecule has 3 heterocycles. The Kier molecular flexibility index (Phi) is 9.04. The number of thiazole rings is 1. The van der Waals surface area contributed by atoms with Crippen LogP contribution < -0.4 is 24.4 Å². The molecule has 2 aromatic heterocycles. The second kappa shape index (κ2) is 13.6. The van der Waals surface area contributed by atoms with E-state index in [-0.39, 0.29) is 35.9 Å². The van der Waals surface area contributed by atoms with Crippen LogP contribution in [-0.4, -0.2) is 36.8 Å². The third kappa shape index (κ3) is 6.60. The van der Waals surface area contributed by atoms with Gasteiger partial charge in [0, 0.05) is 7.11 Å². The first-order valence-corrected chi connectivity index (χ1v) is 15.1. The van der Waals surface area contributed by atoms with E-state index in [1.54, 1.807) is 43.3 Å². The minimum Gasteiger partial charge on any atom is -0.460 e. The number of hydrogen-bond donors (Lipinski definition) is 0. The number of aromatic nitrogens is 1. The minimum absolute atomic E-state index is 0.0340. The monoisotopic (exact) mass is 636 g/mol. The molecule has 0 amide bonds. The fraction of sp³-hybridized carbons (Fsp3) is 0.143. The molecule has 0 saturated heterocycles. The molecular formula is C35H28N2O8S. The van der Waals surface area contributed by atoms with Gasteiger partial charge in [-0.2, -0.15) is 0 Å². The van der Waals surface area contributed by atoms with Crippen LogP contribution in [0.4, 0.5) is 0 Å². The van der Waals surface area contributed by atoms with Crippen LogP contribution in [-0.2, 0) is 14.3 Å². The maximum atomic E-state index is 14.0. The molecule has 5 aromatic rings. The van der Waals surface area contributed by atoms with Crippen molar-refractivity contribution in [2.24, 2.45) is 4.99 Å². The van der Waals surface area contributed by atoms with Crippen molar-refractivity contribution in [3.05, 3.63) is 145 Å². The Morgan fingerprint density at radius 2 is 1.70 bits per heavy atom. The lowest BCUT2D eigenvalue weighted by Crippen LogP contribution is -2.40. The molecule has 10 nitrogen and oxygen atoms in total. The van der Waals surface area contributed by atoms with E-state index in [0.29, 0.717) is 32.1 Å². The Bertz CT molecular complexity index is 2080. The molecule has 0 spiro atoms. The van der Waals surface area contributed by atoms with Crippen LogP contribution in [0.3, 0.4) is 0 Å². The first-order valence-electron chi connectivity index (χ1n) is 14.3. The highest BCUT2D eigenvalue weighted by atomic mass is 32.1. The first kappa shape index (κ1) is 30.5. The summed E-state index contributed by atoms with van der Waals surface area (Å²) in [4.78, 5) is 44.9. The predicted octanol–water partition coefficient (Wildman–Crippen LogP) is 5.03. The predicted molar refractivity (Wildman–Crippen MR) is 170 cm³/mol. The quantitative estimate of drug-likeness (QED) is 0.119. The molecule has 6 rings (SSSR count). The maximum Gasteiger partial charge on any atom is 0.379 e. The van der Waals surface area contributed by atoms with Crippen molar-refractivity contribution >= 4 is 29.4 Å². The summed E-state index contributed by atoms with van der Waals surface area (Å²) in [6.45, 7) is 1.96. The van der Waals surface area contributed by atoms with Crippen molar-refractivity contribution in [2.75, 3.05) is 20.3 Å². The largest absolute Gasteiger partial charge is 0.460 e. The van der Waals surface area contributed by atoms with E-state index in [9.17, 15) is 14.4 Å². The smallest absolute Gasteiger partial charge is 0.379 e. The second-order valence-electron chi connectivity index (χ2n) is 10.1. The number of carbonyl (C=O) groups is 2. The van der Waals surface area contributed by atoms with Gasteiger partial charge in [-0.25, -0.2) is 14.6 Å². The van der Waals surface area contributed by atoms with Gasteiger partial charge in [-0.15, -0.1) is 0 Å². The van der Waals surface area contributed by atoms with E-state index in [1.165, 1.54) is 35.3 Å². The second-order valence-corrected chi connectivity index (χ2v) is 11.1. The zero-order valence-electron chi connectivity index (χ0n) is 24.9. The molecule has 1 atom stereocenters. The van der Waals surface area contributed by atoms with Gasteiger partial charge < -0.3 is 23.4 Å². The summed E-state index contributed by atoms with van der Waals surface area (Å²) in [7, 11) is 1.51. The van der Waals surface area contributed by atoms with E-state index >= 15 is 0 Å². The maximum absolute atomic E-state index is 14.0. The molecule has 0 fully saturated rings. The average Bonchev–Trinajstić information content (AvgIpc) is 3.70. The van der Waals surface area contributed by atoms with Gasteiger partial charge in [0.15, 0.2) is 4.80 Å². The highest BCUT2D eigenvalue weighted by molar-refractivity contribution is 7.07. The van der Waals surface area contributed by atoms with E-state index in [1.807, 2.05) is 54.6 Å². The third-order valence-electron chi connectivity index (χ3n) is 7.03. The summed E-state index contributed by atoms with van der Waals surface area (Å²) in [5.41, 5.74) is 1.66. The Hall–Kier alpha value is -5.52. The van der Waals surface area contributed by atoms with Gasteiger partial charge in [-0.1, -0.05) is 53.8 Å². The molecule has 0 unspecified atom stereocenters. The van der Waals surface area contributed by atoms with Crippen molar-refractivity contribution < 1.29 is 33.0 Å². The fourth-order valence-electron chi connectivity index (χ4n) is 4.91. The number of furan rings is 1. The van der Waals surface area contributed by atoms with Crippen molar-refractivity contribution in [2.45, 2.75) is 13.0 Å². The molecule has 0 N–H and O–H groups in total. The molecule has 0 bridgehead atoms. The van der Waals surface area contributed by atoms with Crippen LogP contribution in [0.2, 0.25) is 0 Å².